The molecule has 112 valence electrons. The Morgan fingerprint density at radius 2 is 1.95 bits per heavy atom. The molecule has 2 aromatic carbocycles. The molecule has 0 fully saturated rings. The van der Waals surface area contributed by atoms with Crippen LogP contribution in [0.2, 0.25) is 0 Å². The van der Waals surface area contributed by atoms with Crippen LogP contribution in [0.5, 0.6) is 0 Å². The summed E-state index contributed by atoms with van der Waals surface area (Å²) < 4.78 is 6.14. The van der Waals surface area contributed by atoms with Crippen molar-refractivity contribution in [3.8, 4) is 0 Å². The second-order valence-electron chi connectivity index (χ2n) is 5.42. The van der Waals surface area contributed by atoms with E-state index in [2.05, 4.69) is 15.9 Å². The van der Waals surface area contributed by atoms with E-state index in [1.165, 1.54) is 0 Å². The van der Waals surface area contributed by atoms with Crippen LogP contribution in [0, 0.1) is 5.92 Å². The van der Waals surface area contributed by atoms with Crippen LogP contribution < -0.4 is 0 Å². The third-order valence-corrected chi connectivity index (χ3v) is 4.32. The zero-order chi connectivity index (χ0) is 15.5. The standard InChI is InChI=1S/C18H15BrO3/c19-15-7-6-13-8-14(18(21)16(13)10-15)9-17(20)22-11-12-4-2-1-3-5-12/h1-7,10,14H,8-9,11H2. The van der Waals surface area contributed by atoms with E-state index in [0.717, 1.165) is 21.2 Å². The molecular formula is C18H15BrO3. The lowest BCUT2D eigenvalue weighted by Gasteiger charge is -2.08. The summed E-state index contributed by atoms with van der Waals surface area (Å²) in [5.41, 5.74) is 2.67. The van der Waals surface area contributed by atoms with Gasteiger partial charge in [0.25, 0.3) is 0 Å². The number of ether oxygens (including phenoxy) is 1. The van der Waals surface area contributed by atoms with E-state index < -0.39 is 0 Å². The summed E-state index contributed by atoms with van der Waals surface area (Å²) in [6.45, 7) is 0.249. The van der Waals surface area contributed by atoms with Gasteiger partial charge in [0.05, 0.1) is 6.42 Å². The monoisotopic (exact) mass is 358 g/mol. The van der Waals surface area contributed by atoms with Crippen LogP contribution in [0.3, 0.4) is 0 Å². The fraction of sp³-hybridized carbons (Fsp3) is 0.222. The van der Waals surface area contributed by atoms with E-state index in [4.69, 9.17) is 4.74 Å². The first-order chi connectivity index (χ1) is 10.6. The highest BCUT2D eigenvalue weighted by Gasteiger charge is 2.32. The maximum Gasteiger partial charge on any atom is 0.306 e. The van der Waals surface area contributed by atoms with Crippen LogP contribution in [0.15, 0.2) is 53.0 Å². The molecule has 0 aliphatic heterocycles. The molecule has 1 aliphatic rings. The second-order valence-corrected chi connectivity index (χ2v) is 6.33. The Kier molecular flexibility index (Phi) is 4.39. The fourth-order valence-corrected chi connectivity index (χ4v) is 3.06. The van der Waals surface area contributed by atoms with Gasteiger partial charge < -0.3 is 4.74 Å². The minimum absolute atomic E-state index is 0.0351. The number of rotatable bonds is 4. The van der Waals surface area contributed by atoms with Gasteiger partial charge in [-0.25, -0.2) is 0 Å². The van der Waals surface area contributed by atoms with Crippen LogP contribution in [-0.2, 0) is 22.6 Å². The highest BCUT2D eigenvalue weighted by molar-refractivity contribution is 9.10. The van der Waals surface area contributed by atoms with E-state index in [1.54, 1.807) is 0 Å². The average molecular weight is 359 g/mol. The second kappa shape index (κ2) is 6.44. The average Bonchev–Trinajstić information content (AvgIpc) is 2.82. The van der Waals surface area contributed by atoms with E-state index >= 15 is 0 Å². The number of ketones is 1. The van der Waals surface area contributed by atoms with Crippen molar-refractivity contribution in [3.63, 3.8) is 0 Å². The van der Waals surface area contributed by atoms with Crippen molar-refractivity contribution >= 4 is 27.7 Å². The zero-order valence-corrected chi connectivity index (χ0v) is 13.5. The molecule has 0 aromatic heterocycles. The number of hydrogen-bond acceptors (Lipinski definition) is 3. The smallest absolute Gasteiger partial charge is 0.306 e. The highest BCUT2D eigenvalue weighted by atomic mass is 79.9. The summed E-state index contributed by atoms with van der Waals surface area (Å²) in [5, 5.41) is 0. The molecule has 0 spiro atoms. The summed E-state index contributed by atoms with van der Waals surface area (Å²) in [4.78, 5) is 24.3. The summed E-state index contributed by atoms with van der Waals surface area (Å²) in [7, 11) is 0. The first kappa shape index (κ1) is 15.0. The van der Waals surface area contributed by atoms with Crippen molar-refractivity contribution in [2.75, 3.05) is 0 Å². The van der Waals surface area contributed by atoms with Gasteiger partial charge in [-0.3, -0.25) is 9.59 Å². The lowest BCUT2D eigenvalue weighted by molar-refractivity contribution is -0.145. The van der Waals surface area contributed by atoms with Crippen LogP contribution in [0.1, 0.15) is 27.9 Å². The van der Waals surface area contributed by atoms with Crippen molar-refractivity contribution in [1.29, 1.82) is 0 Å². The molecule has 0 N–H and O–H groups in total. The molecule has 0 saturated heterocycles. The van der Waals surface area contributed by atoms with Crippen molar-refractivity contribution < 1.29 is 14.3 Å². The number of Topliss-reactive ketones (excluding diaryl/α,β-unsaturated/α-hetero) is 1. The summed E-state index contributed by atoms with van der Waals surface area (Å²) in [6.07, 6.45) is 0.750. The molecule has 1 aliphatic carbocycles. The number of halogens is 1. The lowest BCUT2D eigenvalue weighted by atomic mass is 10.0. The van der Waals surface area contributed by atoms with E-state index in [1.807, 2.05) is 48.5 Å². The minimum atomic E-state index is -0.325. The minimum Gasteiger partial charge on any atom is -0.461 e. The summed E-state index contributed by atoms with van der Waals surface area (Å²) in [5.74, 6) is -0.588. The normalized spacial score (nSPS) is 16.4. The largest absolute Gasteiger partial charge is 0.461 e. The Morgan fingerprint density at radius 1 is 1.18 bits per heavy atom. The molecular weight excluding hydrogens is 344 g/mol. The summed E-state index contributed by atoms with van der Waals surface area (Å²) >= 11 is 3.37. The Balaban J connectivity index is 1.58. The SMILES string of the molecule is O=C(CC1Cc2ccc(Br)cc2C1=O)OCc1ccccc1. The molecule has 0 bridgehead atoms. The molecule has 3 nitrogen and oxygen atoms in total. The Bertz CT molecular complexity index is 710. The molecule has 4 heteroatoms. The van der Waals surface area contributed by atoms with Crippen molar-refractivity contribution in [2.24, 2.45) is 5.92 Å². The van der Waals surface area contributed by atoms with Gasteiger partial charge in [-0.2, -0.15) is 0 Å². The zero-order valence-electron chi connectivity index (χ0n) is 11.9. The molecule has 22 heavy (non-hydrogen) atoms. The molecule has 0 amide bonds. The Labute approximate surface area is 137 Å². The molecule has 1 unspecified atom stereocenters. The summed E-state index contributed by atoms with van der Waals surface area (Å²) in [6, 6.07) is 15.2. The molecule has 0 radical (unpaired) electrons. The highest BCUT2D eigenvalue weighted by Crippen LogP contribution is 2.31. The Hall–Kier alpha value is -1.94. The maximum absolute atomic E-state index is 12.3. The molecule has 1 atom stereocenters. The van der Waals surface area contributed by atoms with Gasteiger partial charge in [0.1, 0.15) is 6.61 Å². The van der Waals surface area contributed by atoms with E-state index in [-0.39, 0.29) is 30.7 Å². The predicted octanol–water partition coefficient (Wildman–Crippen LogP) is 3.94. The van der Waals surface area contributed by atoms with Gasteiger partial charge in [-0.05, 0) is 29.7 Å². The molecule has 0 heterocycles. The predicted molar refractivity (Wildman–Crippen MR) is 86.5 cm³/mol. The number of fused-ring (bicyclic) bond motifs is 1. The van der Waals surface area contributed by atoms with Gasteiger partial charge in [-0.15, -0.1) is 0 Å². The van der Waals surface area contributed by atoms with Gasteiger partial charge in [0.2, 0.25) is 0 Å². The van der Waals surface area contributed by atoms with Gasteiger partial charge in [0.15, 0.2) is 5.78 Å². The number of esters is 1. The number of hydrogen-bond donors (Lipinski definition) is 0. The van der Waals surface area contributed by atoms with Gasteiger partial charge in [-0.1, -0.05) is 52.3 Å². The first-order valence-electron chi connectivity index (χ1n) is 7.15. The van der Waals surface area contributed by atoms with E-state index in [0.29, 0.717) is 6.42 Å². The van der Waals surface area contributed by atoms with Crippen molar-refractivity contribution in [1.82, 2.24) is 0 Å². The molecule has 0 saturated carbocycles. The van der Waals surface area contributed by atoms with Gasteiger partial charge in [0, 0.05) is 16.0 Å². The number of benzene rings is 2. The number of carbonyl (C=O) groups is 2. The maximum atomic E-state index is 12.3. The van der Waals surface area contributed by atoms with Crippen LogP contribution in [0.4, 0.5) is 0 Å². The number of carbonyl (C=O) groups excluding carboxylic acids is 2. The van der Waals surface area contributed by atoms with Crippen molar-refractivity contribution in [3.05, 3.63) is 69.7 Å². The van der Waals surface area contributed by atoms with Crippen LogP contribution in [0.25, 0.3) is 0 Å². The molecule has 3 rings (SSSR count). The van der Waals surface area contributed by atoms with Crippen LogP contribution >= 0.6 is 15.9 Å². The third kappa shape index (κ3) is 3.28. The quantitative estimate of drug-likeness (QED) is 0.777. The van der Waals surface area contributed by atoms with E-state index in [9.17, 15) is 9.59 Å². The van der Waals surface area contributed by atoms with Crippen LogP contribution in [-0.4, -0.2) is 11.8 Å². The fourth-order valence-electron chi connectivity index (χ4n) is 2.70. The van der Waals surface area contributed by atoms with Gasteiger partial charge >= 0.3 is 5.97 Å². The third-order valence-electron chi connectivity index (χ3n) is 3.83. The lowest BCUT2D eigenvalue weighted by Crippen LogP contribution is -2.16. The first-order valence-corrected chi connectivity index (χ1v) is 7.95. The Morgan fingerprint density at radius 3 is 2.73 bits per heavy atom. The molecule has 2 aromatic rings. The topological polar surface area (TPSA) is 43.4 Å². The van der Waals surface area contributed by atoms with Crippen molar-refractivity contribution in [2.45, 2.75) is 19.4 Å².